The Morgan fingerprint density at radius 2 is 1.81 bits per heavy atom. The average Bonchev–Trinajstić information content (AvgIpc) is 2.88. The second-order valence-electron chi connectivity index (χ2n) is 8.73. The molecule has 0 bridgehead atoms. The molecule has 0 aliphatic carbocycles. The number of nitrogens with one attached hydrogen (secondary N) is 2. The third-order valence-electron chi connectivity index (χ3n) is 5.68. The van der Waals surface area contributed by atoms with Crippen LogP contribution < -0.4 is 25.8 Å². The fourth-order valence-electron chi connectivity index (χ4n) is 3.65. The molecule has 9 nitrogen and oxygen atoms in total. The summed E-state index contributed by atoms with van der Waals surface area (Å²) in [7, 11) is 4.06. The molecule has 0 saturated heterocycles. The lowest BCUT2D eigenvalue weighted by Gasteiger charge is -2.29. The highest BCUT2D eigenvalue weighted by Gasteiger charge is 2.15. The van der Waals surface area contributed by atoms with Crippen LogP contribution in [0.1, 0.15) is 16.1 Å². The molecule has 1 aliphatic heterocycles. The van der Waals surface area contributed by atoms with Gasteiger partial charge in [0.05, 0.1) is 35.0 Å². The van der Waals surface area contributed by atoms with Crippen LogP contribution in [0.25, 0.3) is 0 Å². The Kier molecular flexibility index (Phi) is 7.92. The molecular weight excluding hydrogens is 456 g/mol. The van der Waals surface area contributed by atoms with Crippen LogP contribution in [-0.4, -0.2) is 61.1 Å². The molecule has 1 amide bonds. The lowest BCUT2D eigenvalue weighted by Crippen LogP contribution is -2.33. The zero-order chi connectivity index (χ0) is 25.5. The second kappa shape index (κ2) is 11.5. The van der Waals surface area contributed by atoms with E-state index in [1.807, 2.05) is 50.5 Å². The summed E-state index contributed by atoms with van der Waals surface area (Å²) in [5, 5.41) is 6.20. The number of aromatic nitrogens is 1. The van der Waals surface area contributed by atoms with Crippen molar-refractivity contribution in [1.82, 2.24) is 14.8 Å². The molecule has 0 spiro atoms. The predicted molar refractivity (Wildman–Crippen MR) is 142 cm³/mol. The van der Waals surface area contributed by atoms with Gasteiger partial charge in [0, 0.05) is 31.0 Å². The monoisotopic (exact) mass is 488 g/mol. The summed E-state index contributed by atoms with van der Waals surface area (Å²) in [5.41, 5.74) is 9.14. The Bertz CT molecular complexity index is 1210. The fraction of sp³-hybridized carbons (Fsp3) is 0.259. The maximum atomic E-state index is 12.6. The molecule has 0 atom stereocenters. The van der Waals surface area contributed by atoms with Crippen LogP contribution in [0.3, 0.4) is 0 Å². The second-order valence-corrected chi connectivity index (χ2v) is 8.73. The molecule has 1 aliphatic rings. The first-order valence-corrected chi connectivity index (χ1v) is 11.7. The van der Waals surface area contributed by atoms with E-state index in [9.17, 15) is 4.79 Å². The molecule has 0 saturated carbocycles. The van der Waals surface area contributed by atoms with Crippen molar-refractivity contribution in [2.24, 2.45) is 0 Å². The first kappa shape index (κ1) is 24.9. The summed E-state index contributed by atoms with van der Waals surface area (Å²) in [4.78, 5) is 21.4. The van der Waals surface area contributed by atoms with Crippen LogP contribution >= 0.6 is 0 Å². The highest BCUT2D eigenvalue weighted by Crippen LogP contribution is 2.33. The molecule has 188 valence electrons. The average molecular weight is 489 g/mol. The number of anilines is 3. The van der Waals surface area contributed by atoms with Gasteiger partial charge in [0.1, 0.15) is 13.2 Å². The van der Waals surface area contributed by atoms with Crippen molar-refractivity contribution in [3.63, 3.8) is 0 Å². The minimum absolute atomic E-state index is 0.263. The van der Waals surface area contributed by atoms with Gasteiger partial charge in [-0.15, -0.1) is 0 Å². The smallest absolute Gasteiger partial charge is 0.257 e. The molecule has 1 aromatic heterocycles. The van der Waals surface area contributed by atoms with E-state index in [-0.39, 0.29) is 5.91 Å². The van der Waals surface area contributed by atoms with E-state index in [0.717, 1.165) is 36.0 Å². The zero-order valence-electron chi connectivity index (χ0n) is 20.7. The van der Waals surface area contributed by atoms with Crippen LogP contribution in [0.5, 0.6) is 11.5 Å². The fourth-order valence-corrected chi connectivity index (χ4v) is 3.65. The Morgan fingerprint density at radius 1 is 1.03 bits per heavy atom. The quantitative estimate of drug-likeness (QED) is 0.372. The van der Waals surface area contributed by atoms with E-state index < -0.39 is 0 Å². The van der Waals surface area contributed by atoms with E-state index >= 15 is 0 Å². The Hall–Kier alpha value is -4.24. The van der Waals surface area contributed by atoms with Crippen LogP contribution in [-0.2, 0) is 6.54 Å². The lowest BCUT2D eigenvalue weighted by molar-refractivity contribution is 0.102. The number of rotatable bonds is 10. The van der Waals surface area contributed by atoms with Gasteiger partial charge in [-0.1, -0.05) is 18.7 Å². The van der Waals surface area contributed by atoms with Gasteiger partial charge < -0.3 is 35.6 Å². The number of nitrogens with zero attached hydrogens (tertiary/aromatic N) is 3. The molecular formula is C27H32N6O3. The highest BCUT2D eigenvalue weighted by molar-refractivity contribution is 6.05. The zero-order valence-corrected chi connectivity index (χ0v) is 20.7. The van der Waals surface area contributed by atoms with Crippen molar-refractivity contribution in [2.45, 2.75) is 6.54 Å². The highest BCUT2D eigenvalue weighted by atomic mass is 16.6. The predicted octanol–water partition coefficient (Wildman–Crippen LogP) is 3.63. The number of fused-ring (bicyclic) bond motifs is 1. The van der Waals surface area contributed by atoms with E-state index in [2.05, 4.69) is 32.0 Å². The first-order chi connectivity index (χ1) is 17.4. The number of likely N-dealkylation sites (N-methyl/N-ethyl adjacent to an activating group) is 1. The molecule has 4 N–H and O–H groups in total. The van der Waals surface area contributed by atoms with Crippen LogP contribution in [0, 0.1) is 0 Å². The standard InChI is InChI=1S/C27H32N6O3/c1-19(30-21-10-11-25-26(16-21)36-15-14-35-25)33(13-12-32(2)3)18-22-9-8-20(17-29-22)27(34)31-24-7-5-4-6-23(24)28/h4-11,16-17,30H,1,12-15,18,28H2,2-3H3,(H,31,34). The van der Waals surface area contributed by atoms with E-state index in [4.69, 9.17) is 15.2 Å². The van der Waals surface area contributed by atoms with Gasteiger partial charge in [0.2, 0.25) is 0 Å². The molecule has 9 heteroatoms. The Morgan fingerprint density at radius 3 is 2.53 bits per heavy atom. The number of nitrogens with two attached hydrogens (primary N) is 1. The summed E-state index contributed by atoms with van der Waals surface area (Å²) < 4.78 is 11.3. The molecule has 2 aromatic carbocycles. The third-order valence-corrected chi connectivity index (χ3v) is 5.68. The number of carbonyl (C=O) groups is 1. The summed E-state index contributed by atoms with van der Waals surface area (Å²) in [6, 6.07) is 16.5. The van der Waals surface area contributed by atoms with Crippen molar-refractivity contribution in [3.05, 3.63) is 84.5 Å². The topological polar surface area (TPSA) is 105 Å². The maximum absolute atomic E-state index is 12.6. The number of nitrogen functional groups attached to an aromatic ring is 1. The molecule has 36 heavy (non-hydrogen) atoms. The SMILES string of the molecule is C=C(Nc1ccc2c(c1)OCCO2)N(CCN(C)C)Cc1ccc(C(=O)Nc2ccccc2N)cn1. The number of carbonyl (C=O) groups excluding carboxylic acids is 1. The van der Waals surface area contributed by atoms with Gasteiger partial charge >= 0.3 is 0 Å². The number of benzene rings is 2. The first-order valence-electron chi connectivity index (χ1n) is 11.7. The minimum Gasteiger partial charge on any atom is -0.486 e. The van der Waals surface area contributed by atoms with E-state index in [1.54, 1.807) is 24.4 Å². The summed E-state index contributed by atoms with van der Waals surface area (Å²) in [6.07, 6.45) is 1.57. The van der Waals surface area contributed by atoms with Crippen molar-refractivity contribution in [1.29, 1.82) is 0 Å². The van der Waals surface area contributed by atoms with E-state index in [0.29, 0.717) is 42.4 Å². The number of hydrogen-bond donors (Lipinski definition) is 3. The largest absolute Gasteiger partial charge is 0.486 e. The van der Waals surface area contributed by atoms with Crippen molar-refractivity contribution >= 4 is 23.0 Å². The number of para-hydroxylation sites is 2. The molecule has 4 rings (SSSR count). The third kappa shape index (κ3) is 6.45. The lowest BCUT2D eigenvalue weighted by atomic mass is 10.2. The molecule has 3 aromatic rings. The van der Waals surface area contributed by atoms with Gasteiger partial charge in [0.15, 0.2) is 11.5 Å². The van der Waals surface area contributed by atoms with Crippen molar-refractivity contribution in [3.8, 4) is 11.5 Å². The Balaban J connectivity index is 1.42. The van der Waals surface area contributed by atoms with Crippen LogP contribution in [0.4, 0.5) is 17.1 Å². The number of amides is 1. The summed E-state index contributed by atoms with van der Waals surface area (Å²) in [6.45, 7) is 7.44. The van der Waals surface area contributed by atoms with Gasteiger partial charge in [-0.2, -0.15) is 0 Å². The summed E-state index contributed by atoms with van der Waals surface area (Å²) >= 11 is 0. The minimum atomic E-state index is -0.263. The number of ether oxygens (including phenoxy) is 2. The maximum Gasteiger partial charge on any atom is 0.257 e. The van der Waals surface area contributed by atoms with Crippen molar-refractivity contribution < 1.29 is 14.3 Å². The molecule has 0 fully saturated rings. The van der Waals surface area contributed by atoms with Crippen molar-refractivity contribution in [2.75, 3.05) is 56.8 Å². The molecule has 0 radical (unpaired) electrons. The van der Waals surface area contributed by atoms with Gasteiger partial charge in [-0.25, -0.2) is 0 Å². The van der Waals surface area contributed by atoms with Gasteiger partial charge in [0.25, 0.3) is 5.91 Å². The van der Waals surface area contributed by atoms with E-state index in [1.165, 1.54) is 0 Å². The Labute approximate surface area is 211 Å². The van der Waals surface area contributed by atoms with Gasteiger partial charge in [-0.3, -0.25) is 9.78 Å². The molecule has 0 unspecified atom stereocenters. The van der Waals surface area contributed by atoms with Crippen LogP contribution in [0.15, 0.2) is 73.2 Å². The molecule has 2 heterocycles. The number of pyridine rings is 1. The van der Waals surface area contributed by atoms with Gasteiger partial charge in [-0.05, 0) is 50.5 Å². The van der Waals surface area contributed by atoms with Crippen LogP contribution in [0.2, 0.25) is 0 Å². The summed E-state index contributed by atoms with van der Waals surface area (Å²) in [5.74, 6) is 1.93. The number of hydrogen-bond acceptors (Lipinski definition) is 8. The normalized spacial score (nSPS) is 12.2.